The number of amides is 2. The van der Waals surface area contributed by atoms with Gasteiger partial charge in [-0.3, -0.25) is 0 Å². The lowest BCUT2D eigenvalue weighted by atomic mass is 10.3. The number of primary amides is 1. The van der Waals surface area contributed by atoms with Gasteiger partial charge in [-0.25, -0.2) is 13.2 Å². The molecular formula is C12H12N2O4S2. The zero-order valence-electron chi connectivity index (χ0n) is 10.5. The highest BCUT2D eigenvalue weighted by Crippen LogP contribution is 2.33. The lowest BCUT2D eigenvalue weighted by Crippen LogP contribution is -2.40. The summed E-state index contributed by atoms with van der Waals surface area (Å²) in [6.45, 7) is 0. The first-order valence-electron chi connectivity index (χ1n) is 5.49. The second-order valence-corrected chi connectivity index (χ2v) is 6.35. The number of rotatable bonds is 4. The number of nitrogens with two attached hydrogens (primary N) is 1. The lowest BCUT2D eigenvalue weighted by molar-refractivity contribution is 0.257. The van der Waals surface area contributed by atoms with Crippen molar-refractivity contribution in [2.45, 2.75) is 4.90 Å². The minimum absolute atomic E-state index is 0.0901. The fraction of sp³-hybridized carbons (Fsp3) is 0.0833. The molecule has 2 rings (SSSR count). The predicted octanol–water partition coefficient (Wildman–Crippen LogP) is 2.03. The van der Waals surface area contributed by atoms with E-state index in [-0.39, 0.29) is 15.6 Å². The van der Waals surface area contributed by atoms with Gasteiger partial charge in [0, 0.05) is 0 Å². The first-order chi connectivity index (χ1) is 9.48. The quantitative estimate of drug-likeness (QED) is 0.935. The minimum atomic E-state index is -4.11. The van der Waals surface area contributed by atoms with Gasteiger partial charge in [-0.2, -0.15) is 4.31 Å². The Bertz CT molecular complexity index is 710. The smallest absolute Gasteiger partial charge is 0.333 e. The molecule has 0 bridgehead atoms. The summed E-state index contributed by atoms with van der Waals surface area (Å²) in [5.74, 6) is 0. The van der Waals surface area contributed by atoms with E-state index in [1.54, 1.807) is 23.6 Å². The predicted molar refractivity (Wildman–Crippen MR) is 76.6 cm³/mol. The molecule has 2 aromatic rings. The van der Waals surface area contributed by atoms with Crippen LogP contribution in [0, 0.1) is 0 Å². The fourth-order valence-corrected chi connectivity index (χ4v) is 4.19. The number of ether oxygens (including phenoxy) is 1. The molecule has 0 aliphatic rings. The molecule has 1 heterocycles. The molecule has 20 heavy (non-hydrogen) atoms. The number of carbonyl (C=O) groups is 1. The van der Waals surface area contributed by atoms with Crippen LogP contribution in [0.1, 0.15) is 0 Å². The maximum absolute atomic E-state index is 12.6. The number of nitrogens with zero attached hydrogens (tertiary/aromatic N) is 1. The molecule has 0 saturated carbocycles. The minimum Gasteiger partial charge on any atom is -0.486 e. The zero-order chi connectivity index (χ0) is 14.8. The molecule has 2 N–H and O–H groups in total. The number of urea groups is 1. The SMILES string of the molecule is COc1sccc1S(=O)(=O)N(C(N)=O)c1ccccc1. The average Bonchev–Trinajstić information content (AvgIpc) is 2.88. The highest BCUT2D eigenvalue weighted by molar-refractivity contribution is 7.93. The van der Waals surface area contributed by atoms with Crippen LogP contribution in [0.5, 0.6) is 5.06 Å². The third-order valence-corrected chi connectivity index (χ3v) is 5.24. The van der Waals surface area contributed by atoms with Crippen LogP contribution < -0.4 is 14.8 Å². The summed E-state index contributed by atoms with van der Waals surface area (Å²) < 4.78 is 30.7. The van der Waals surface area contributed by atoms with Gasteiger partial charge in [-0.15, -0.1) is 11.3 Å². The second kappa shape index (κ2) is 5.51. The zero-order valence-corrected chi connectivity index (χ0v) is 12.1. The standard InChI is InChI=1S/C12H12N2O4S2/c1-18-11-10(7-8-19-11)20(16,17)14(12(13)15)9-5-3-2-4-6-9/h2-8H,1H3,(H2,13,15). The van der Waals surface area contributed by atoms with Gasteiger partial charge in [-0.1, -0.05) is 18.2 Å². The topological polar surface area (TPSA) is 89.7 Å². The van der Waals surface area contributed by atoms with E-state index < -0.39 is 16.1 Å². The van der Waals surface area contributed by atoms with Crippen molar-refractivity contribution in [3.8, 4) is 5.06 Å². The molecule has 0 saturated heterocycles. The van der Waals surface area contributed by atoms with E-state index in [1.807, 2.05) is 0 Å². The van der Waals surface area contributed by atoms with Crippen LogP contribution in [0.3, 0.4) is 0 Å². The molecule has 0 spiro atoms. The highest BCUT2D eigenvalue weighted by atomic mass is 32.2. The van der Waals surface area contributed by atoms with Crippen molar-refractivity contribution in [3.05, 3.63) is 41.8 Å². The molecular weight excluding hydrogens is 300 g/mol. The van der Waals surface area contributed by atoms with E-state index in [4.69, 9.17) is 10.5 Å². The van der Waals surface area contributed by atoms with E-state index in [2.05, 4.69) is 0 Å². The van der Waals surface area contributed by atoms with Crippen molar-refractivity contribution in [2.24, 2.45) is 5.73 Å². The first-order valence-corrected chi connectivity index (χ1v) is 7.81. The highest BCUT2D eigenvalue weighted by Gasteiger charge is 2.32. The molecule has 1 aromatic carbocycles. The Morgan fingerprint density at radius 1 is 1.25 bits per heavy atom. The van der Waals surface area contributed by atoms with Crippen LogP contribution in [-0.4, -0.2) is 21.6 Å². The Morgan fingerprint density at radius 2 is 1.90 bits per heavy atom. The molecule has 106 valence electrons. The summed E-state index contributed by atoms with van der Waals surface area (Å²) in [6.07, 6.45) is 0. The number of hydrogen-bond donors (Lipinski definition) is 1. The van der Waals surface area contributed by atoms with Crippen LogP contribution >= 0.6 is 11.3 Å². The number of para-hydroxylation sites is 1. The number of methoxy groups -OCH3 is 1. The molecule has 0 aliphatic heterocycles. The summed E-state index contributed by atoms with van der Waals surface area (Å²) in [4.78, 5) is 11.5. The van der Waals surface area contributed by atoms with Gasteiger partial charge in [-0.05, 0) is 23.6 Å². The van der Waals surface area contributed by atoms with E-state index in [0.29, 0.717) is 4.31 Å². The first kappa shape index (κ1) is 14.4. The van der Waals surface area contributed by atoms with Gasteiger partial charge in [0.2, 0.25) is 0 Å². The van der Waals surface area contributed by atoms with Gasteiger partial charge in [0.1, 0.15) is 4.90 Å². The molecule has 0 fully saturated rings. The third kappa shape index (κ3) is 2.47. The third-order valence-electron chi connectivity index (χ3n) is 2.49. The van der Waals surface area contributed by atoms with E-state index in [9.17, 15) is 13.2 Å². The Balaban J connectivity index is 2.58. The molecule has 0 unspecified atom stereocenters. The van der Waals surface area contributed by atoms with Crippen molar-refractivity contribution in [3.63, 3.8) is 0 Å². The fourth-order valence-electron chi connectivity index (χ4n) is 1.67. The molecule has 1 aromatic heterocycles. The van der Waals surface area contributed by atoms with Gasteiger partial charge in [0.05, 0.1) is 12.8 Å². The van der Waals surface area contributed by atoms with Crippen LogP contribution in [-0.2, 0) is 10.0 Å². The van der Waals surface area contributed by atoms with Crippen molar-refractivity contribution in [2.75, 3.05) is 11.4 Å². The number of sulfonamides is 1. The average molecular weight is 312 g/mol. The Kier molecular flexibility index (Phi) is 3.96. The van der Waals surface area contributed by atoms with Crippen molar-refractivity contribution >= 4 is 33.1 Å². The number of hydrogen-bond acceptors (Lipinski definition) is 5. The molecule has 0 radical (unpaired) electrons. The Morgan fingerprint density at radius 3 is 2.45 bits per heavy atom. The molecule has 2 amide bonds. The maximum Gasteiger partial charge on any atom is 0.333 e. The van der Waals surface area contributed by atoms with Gasteiger partial charge >= 0.3 is 6.03 Å². The van der Waals surface area contributed by atoms with E-state index in [1.165, 1.54) is 25.3 Å². The summed E-state index contributed by atoms with van der Waals surface area (Å²) in [5, 5.41) is 1.77. The summed E-state index contributed by atoms with van der Waals surface area (Å²) in [7, 11) is -2.75. The summed E-state index contributed by atoms with van der Waals surface area (Å²) in [5.41, 5.74) is 5.40. The van der Waals surface area contributed by atoms with Crippen LogP contribution in [0.2, 0.25) is 0 Å². The van der Waals surface area contributed by atoms with Crippen LogP contribution in [0.4, 0.5) is 10.5 Å². The largest absolute Gasteiger partial charge is 0.486 e. The maximum atomic E-state index is 12.6. The molecule has 8 heteroatoms. The lowest BCUT2D eigenvalue weighted by Gasteiger charge is -2.20. The van der Waals surface area contributed by atoms with Gasteiger partial charge < -0.3 is 10.5 Å². The summed E-state index contributed by atoms with van der Waals surface area (Å²) >= 11 is 1.12. The number of anilines is 1. The van der Waals surface area contributed by atoms with Crippen molar-refractivity contribution in [1.29, 1.82) is 0 Å². The van der Waals surface area contributed by atoms with Crippen LogP contribution in [0.25, 0.3) is 0 Å². The molecule has 0 aliphatic carbocycles. The second-order valence-electron chi connectivity index (χ2n) is 3.72. The molecule has 6 nitrogen and oxygen atoms in total. The monoisotopic (exact) mass is 312 g/mol. The van der Waals surface area contributed by atoms with Crippen molar-refractivity contribution < 1.29 is 17.9 Å². The Labute approximate surface area is 120 Å². The number of carbonyl (C=O) groups excluding carboxylic acids is 1. The van der Waals surface area contributed by atoms with Gasteiger partial charge in [0.15, 0.2) is 5.06 Å². The molecule has 0 atom stereocenters. The Hall–Kier alpha value is -2.06. The number of benzene rings is 1. The normalized spacial score (nSPS) is 11.1. The van der Waals surface area contributed by atoms with Crippen LogP contribution in [0.15, 0.2) is 46.7 Å². The van der Waals surface area contributed by atoms with E-state index in [0.717, 1.165) is 11.3 Å². The van der Waals surface area contributed by atoms with Gasteiger partial charge in [0.25, 0.3) is 10.0 Å². The van der Waals surface area contributed by atoms with E-state index >= 15 is 0 Å². The van der Waals surface area contributed by atoms with Crippen molar-refractivity contribution in [1.82, 2.24) is 0 Å². The number of thiophene rings is 1. The summed E-state index contributed by atoms with van der Waals surface area (Å²) in [6, 6.07) is 8.21.